The Balaban J connectivity index is 2.83. The molecule has 0 aromatic carbocycles. The SMILES string of the molecule is CCC(=O)c1ccc(N(CCOC)C(C)C)cn1. The lowest BCUT2D eigenvalue weighted by molar-refractivity contribution is 0.0983. The average Bonchev–Trinajstić information content (AvgIpc) is 2.38. The van der Waals surface area contributed by atoms with Gasteiger partial charge in [0.25, 0.3) is 0 Å². The summed E-state index contributed by atoms with van der Waals surface area (Å²) in [7, 11) is 1.69. The van der Waals surface area contributed by atoms with E-state index in [0.717, 1.165) is 12.2 Å². The van der Waals surface area contributed by atoms with Crippen molar-refractivity contribution in [2.24, 2.45) is 0 Å². The Kier molecular flexibility index (Phi) is 5.78. The zero-order valence-corrected chi connectivity index (χ0v) is 11.6. The third kappa shape index (κ3) is 3.81. The van der Waals surface area contributed by atoms with Gasteiger partial charge in [0, 0.05) is 26.1 Å². The number of methoxy groups -OCH3 is 1. The molecule has 0 aliphatic rings. The summed E-state index contributed by atoms with van der Waals surface area (Å²) in [5, 5.41) is 0. The van der Waals surface area contributed by atoms with Crippen LogP contribution in [-0.2, 0) is 4.74 Å². The normalized spacial score (nSPS) is 10.7. The smallest absolute Gasteiger partial charge is 0.180 e. The van der Waals surface area contributed by atoms with E-state index in [4.69, 9.17) is 4.74 Å². The highest BCUT2D eigenvalue weighted by molar-refractivity contribution is 5.94. The number of pyridine rings is 1. The largest absolute Gasteiger partial charge is 0.383 e. The summed E-state index contributed by atoms with van der Waals surface area (Å²) in [6.45, 7) is 7.59. The number of nitrogens with zero attached hydrogens (tertiary/aromatic N) is 2. The van der Waals surface area contributed by atoms with Crippen LogP contribution in [-0.4, -0.2) is 37.1 Å². The van der Waals surface area contributed by atoms with Crippen molar-refractivity contribution in [1.82, 2.24) is 4.98 Å². The Morgan fingerprint density at radius 1 is 1.44 bits per heavy atom. The lowest BCUT2D eigenvalue weighted by atomic mass is 10.2. The van der Waals surface area contributed by atoms with Gasteiger partial charge in [0.05, 0.1) is 18.5 Å². The average molecular weight is 250 g/mol. The van der Waals surface area contributed by atoms with Gasteiger partial charge in [-0.05, 0) is 26.0 Å². The Morgan fingerprint density at radius 2 is 2.17 bits per heavy atom. The van der Waals surface area contributed by atoms with E-state index in [2.05, 4.69) is 23.7 Å². The highest BCUT2D eigenvalue weighted by atomic mass is 16.5. The first kappa shape index (κ1) is 14.6. The van der Waals surface area contributed by atoms with E-state index in [9.17, 15) is 4.79 Å². The summed E-state index contributed by atoms with van der Waals surface area (Å²) in [6.07, 6.45) is 2.25. The van der Waals surface area contributed by atoms with Crippen molar-refractivity contribution in [2.45, 2.75) is 33.2 Å². The molecule has 0 bridgehead atoms. The Morgan fingerprint density at radius 3 is 2.61 bits per heavy atom. The van der Waals surface area contributed by atoms with Gasteiger partial charge in [-0.15, -0.1) is 0 Å². The van der Waals surface area contributed by atoms with Crippen molar-refractivity contribution in [2.75, 3.05) is 25.2 Å². The summed E-state index contributed by atoms with van der Waals surface area (Å²) in [4.78, 5) is 17.9. The van der Waals surface area contributed by atoms with Crippen LogP contribution < -0.4 is 4.90 Å². The zero-order valence-electron chi connectivity index (χ0n) is 11.6. The molecular formula is C14H22N2O2. The second kappa shape index (κ2) is 7.11. The summed E-state index contributed by atoms with van der Waals surface area (Å²) < 4.78 is 5.11. The van der Waals surface area contributed by atoms with Crippen LogP contribution in [0.2, 0.25) is 0 Å². The Labute approximate surface area is 109 Å². The van der Waals surface area contributed by atoms with Crippen molar-refractivity contribution in [1.29, 1.82) is 0 Å². The van der Waals surface area contributed by atoms with E-state index in [1.54, 1.807) is 19.4 Å². The van der Waals surface area contributed by atoms with Crippen LogP contribution in [0.4, 0.5) is 5.69 Å². The molecule has 0 N–H and O–H groups in total. The van der Waals surface area contributed by atoms with E-state index in [1.165, 1.54) is 0 Å². The van der Waals surface area contributed by atoms with Crippen LogP contribution in [0.25, 0.3) is 0 Å². The highest BCUT2D eigenvalue weighted by Gasteiger charge is 2.11. The van der Waals surface area contributed by atoms with E-state index >= 15 is 0 Å². The number of carbonyl (C=O) groups excluding carboxylic acids is 1. The summed E-state index contributed by atoms with van der Waals surface area (Å²) in [6, 6.07) is 4.12. The number of hydrogen-bond donors (Lipinski definition) is 0. The number of anilines is 1. The number of hydrogen-bond acceptors (Lipinski definition) is 4. The first-order valence-corrected chi connectivity index (χ1v) is 6.35. The molecule has 4 nitrogen and oxygen atoms in total. The maximum absolute atomic E-state index is 11.5. The fraction of sp³-hybridized carbons (Fsp3) is 0.571. The number of carbonyl (C=O) groups is 1. The topological polar surface area (TPSA) is 42.4 Å². The maximum atomic E-state index is 11.5. The van der Waals surface area contributed by atoms with Gasteiger partial charge >= 0.3 is 0 Å². The zero-order chi connectivity index (χ0) is 13.5. The van der Waals surface area contributed by atoms with Crippen LogP contribution in [0, 0.1) is 0 Å². The van der Waals surface area contributed by atoms with E-state index in [1.807, 2.05) is 13.0 Å². The molecule has 0 saturated heterocycles. The van der Waals surface area contributed by atoms with Gasteiger partial charge in [-0.25, -0.2) is 0 Å². The standard InChI is InChI=1S/C14H22N2O2/c1-5-14(17)13-7-6-12(10-15-13)16(11(2)3)8-9-18-4/h6-7,10-11H,5,8-9H2,1-4H3. The molecule has 18 heavy (non-hydrogen) atoms. The molecule has 4 heteroatoms. The molecule has 1 rings (SSSR count). The number of ether oxygens (including phenoxy) is 1. The van der Waals surface area contributed by atoms with Crippen LogP contribution in [0.5, 0.6) is 0 Å². The van der Waals surface area contributed by atoms with Crippen LogP contribution in [0.3, 0.4) is 0 Å². The predicted octanol–water partition coefficient (Wildman–Crippen LogP) is 2.54. The molecule has 0 fully saturated rings. The number of ketones is 1. The van der Waals surface area contributed by atoms with E-state index < -0.39 is 0 Å². The van der Waals surface area contributed by atoms with Crippen molar-refractivity contribution >= 4 is 11.5 Å². The quantitative estimate of drug-likeness (QED) is 0.697. The molecule has 1 aromatic rings. The molecule has 1 aromatic heterocycles. The molecule has 0 unspecified atom stereocenters. The fourth-order valence-electron chi connectivity index (χ4n) is 1.78. The second-order valence-electron chi connectivity index (χ2n) is 4.46. The summed E-state index contributed by atoms with van der Waals surface area (Å²) in [5.74, 6) is 0.0783. The molecule has 0 spiro atoms. The van der Waals surface area contributed by atoms with E-state index in [0.29, 0.717) is 24.8 Å². The number of aromatic nitrogens is 1. The molecule has 0 aliphatic heterocycles. The summed E-state index contributed by atoms with van der Waals surface area (Å²) in [5.41, 5.74) is 1.56. The molecule has 0 radical (unpaired) electrons. The van der Waals surface area contributed by atoms with Gasteiger partial charge < -0.3 is 9.64 Å². The van der Waals surface area contributed by atoms with E-state index in [-0.39, 0.29) is 5.78 Å². The maximum Gasteiger partial charge on any atom is 0.180 e. The first-order chi connectivity index (χ1) is 8.60. The molecule has 100 valence electrons. The van der Waals surface area contributed by atoms with Crippen molar-refractivity contribution in [3.05, 3.63) is 24.0 Å². The fourth-order valence-corrected chi connectivity index (χ4v) is 1.78. The third-order valence-corrected chi connectivity index (χ3v) is 2.85. The third-order valence-electron chi connectivity index (χ3n) is 2.85. The molecule has 0 amide bonds. The second-order valence-corrected chi connectivity index (χ2v) is 4.46. The minimum atomic E-state index is 0.0783. The lowest BCUT2D eigenvalue weighted by Gasteiger charge is -2.28. The molecule has 0 saturated carbocycles. The molecule has 0 aliphatic carbocycles. The van der Waals surface area contributed by atoms with Crippen LogP contribution in [0.15, 0.2) is 18.3 Å². The minimum Gasteiger partial charge on any atom is -0.383 e. The van der Waals surface area contributed by atoms with Gasteiger partial charge in [0.1, 0.15) is 5.69 Å². The summed E-state index contributed by atoms with van der Waals surface area (Å²) >= 11 is 0. The molecular weight excluding hydrogens is 228 g/mol. The van der Waals surface area contributed by atoms with Gasteiger partial charge in [-0.2, -0.15) is 0 Å². The van der Waals surface area contributed by atoms with Crippen molar-refractivity contribution in [3.8, 4) is 0 Å². The van der Waals surface area contributed by atoms with Crippen LogP contribution in [0.1, 0.15) is 37.7 Å². The van der Waals surface area contributed by atoms with Crippen LogP contribution >= 0.6 is 0 Å². The Bertz CT molecular complexity index is 374. The number of Topliss-reactive ketones (excluding diaryl/α,β-unsaturated/α-hetero) is 1. The highest BCUT2D eigenvalue weighted by Crippen LogP contribution is 2.16. The van der Waals surface area contributed by atoms with Crippen molar-refractivity contribution < 1.29 is 9.53 Å². The van der Waals surface area contributed by atoms with Gasteiger partial charge in [0.15, 0.2) is 5.78 Å². The predicted molar refractivity (Wildman–Crippen MR) is 73.2 cm³/mol. The Hall–Kier alpha value is -1.42. The van der Waals surface area contributed by atoms with Gasteiger partial charge in [0.2, 0.25) is 0 Å². The first-order valence-electron chi connectivity index (χ1n) is 6.35. The minimum absolute atomic E-state index is 0.0783. The monoisotopic (exact) mass is 250 g/mol. The number of rotatable bonds is 7. The van der Waals surface area contributed by atoms with Gasteiger partial charge in [-0.1, -0.05) is 6.92 Å². The molecule has 0 atom stereocenters. The lowest BCUT2D eigenvalue weighted by Crippen LogP contribution is -2.33. The molecule has 1 heterocycles. The van der Waals surface area contributed by atoms with Crippen molar-refractivity contribution in [3.63, 3.8) is 0 Å². The van der Waals surface area contributed by atoms with Gasteiger partial charge in [-0.3, -0.25) is 9.78 Å².